The van der Waals surface area contributed by atoms with Gasteiger partial charge in [0.2, 0.25) is 0 Å². The number of fused-ring (bicyclic) bond motifs is 7. The topological polar surface area (TPSA) is 18.5 Å². The van der Waals surface area contributed by atoms with Gasteiger partial charge in [-0.1, -0.05) is 41.0 Å². The van der Waals surface area contributed by atoms with Gasteiger partial charge in [0.05, 0.1) is 12.7 Å². The minimum atomic E-state index is -0.254. The second-order valence-electron chi connectivity index (χ2n) is 13.6. The van der Waals surface area contributed by atoms with E-state index in [1.165, 1.54) is 57.8 Å². The van der Waals surface area contributed by atoms with Crippen LogP contribution >= 0.6 is 0 Å². The van der Waals surface area contributed by atoms with Gasteiger partial charge in [-0.15, -0.1) is 0 Å². The van der Waals surface area contributed by atoms with Crippen LogP contribution in [0.2, 0.25) is 0 Å². The molecule has 170 valence electrons. The van der Waals surface area contributed by atoms with Crippen molar-refractivity contribution in [3.05, 3.63) is 0 Å². The average Bonchev–Trinajstić information content (AvgIpc) is 3.16. The Balaban J connectivity index is 1.26. The normalized spacial score (nSPS) is 62.5. The maximum Gasteiger partial charge on any atom is 0.171 e. The van der Waals surface area contributed by atoms with Crippen molar-refractivity contribution < 1.29 is 9.47 Å². The lowest BCUT2D eigenvalue weighted by Gasteiger charge is -2.61. The first-order valence-corrected chi connectivity index (χ1v) is 13.6. The molecule has 0 amide bonds. The van der Waals surface area contributed by atoms with E-state index in [0.29, 0.717) is 34.7 Å². The van der Waals surface area contributed by atoms with Crippen LogP contribution in [-0.4, -0.2) is 18.5 Å². The molecule has 6 aliphatic rings. The summed E-state index contributed by atoms with van der Waals surface area (Å²) in [7, 11) is 0. The molecule has 2 heterocycles. The lowest BCUT2D eigenvalue weighted by atomic mass is 9.44. The van der Waals surface area contributed by atoms with E-state index in [1.54, 1.807) is 0 Å². The predicted octanol–water partition coefficient (Wildman–Crippen LogP) is 7.07. The highest BCUT2D eigenvalue weighted by Gasteiger charge is 2.69. The van der Waals surface area contributed by atoms with E-state index in [1.807, 2.05) is 0 Å². The Bertz CT molecular complexity index is 680. The molecule has 12 atom stereocenters. The Morgan fingerprint density at radius 3 is 2.27 bits per heavy atom. The molecule has 2 heteroatoms. The number of ether oxygens (including phenoxy) is 2. The maximum atomic E-state index is 6.93. The molecule has 0 aromatic carbocycles. The van der Waals surface area contributed by atoms with Gasteiger partial charge in [0.25, 0.3) is 0 Å². The summed E-state index contributed by atoms with van der Waals surface area (Å²) >= 11 is 0. The predicted molar refractivity (Wildman–Crippen MR) is 121 cm³/mol. The molecule has 0 unspecified atom stereocenters. The van der Waals surface area contributed by atoms with Gasteiger partial charge in [0.15, 0.2) is 5.79 Å². The van der Waals surface area contributed by atoms with Crippen molar-refractivity contribution in [2.75, 3.05) is 6.61 Å². The zero-order valence-electron chi connectivity index (χ0n) is 20.3. The fourth-order valence-corrected chi connectivity index (χ4v) is 10.5. The van der Waals surface area contributed by atoms with E-state index in [-0.39, 0.29) is 5.79 Å². The summed E-state index contributed by atoms with van der Waals surface area (Å²) in [6, 6.07) is 0. The van der Waals surface area contributed by atoms with Crippen molar-refractivity contribution in [1.29, 1.82) is 0 Å². The molecule has 2 saturated heterocycles. The Hall–Kier alpha value is -0.0800. The zero-order chi connectivity index (χ0) is 20.9. The molecule has 2 aliphatic heterocycles. The molecule has 1 spiro atoms. The third-order valence-corrected chi connectivity index (χ3v) is 12.2. The van der Waals surface area contributed by atoms with Crippen LogP contribution in [0.4, 0.5) is 0 Å². The van der Waals surface area contributed by atoms with Crippen LogP contribution in [0.1, 0.15) is 98.8 Å². The van der Waals surface area contributed by atoms with E-state index in [9.17, 15) is 0 Å². The number of hydrogen-bond acceptors (Lipinski definition) is 2. The lowest BCUT2D eigenvalue weighted by Crippen LogP contribution is -2.54. The highest BCUT2D eigenvalue weighted by molar-refractivity contribution is 5.15. The molecular weight excluding hydrogens is 368 g/mol. The third-order valence-electron chi connectivity index (χ3n) is 12.2. The highest BCUT2D eigenvalue weighted by atomic mass is 16.7. The standard InChI is InChI=1S/C28H46O2/c1-17-8-11-26(4)20(14-17)6-7-21-22(26)10-12-27(5)23(21)15-24-25(27)19(3)28(30-24)13-9-18(2)16-29-28/h17-25H,6-16H2,1-5H3/t17-,18-,19-,20+,21+,22-,23-,24-,25-,26-,27-,28+/m0/s1. The molecule has 0 bridgehead atoms. The van der Waals surface area contributed by atoms with Gasteiger partial charge in [0.1, 0.15) is 0 Å². The number of hydrogen-bond donors (Lipinski definition) is 0. The van der Waals surface area contributed by atoms with Crippen LogP contribution in [0, 0.1) is 58.2 Å². The Morgan fingerprint density at radius 2 is 1.50 bits per heavy atom. The quantitative estimate of drug-likeness (QED) is 0.422. The molecule has 6 fully saturated rings. The summed E-state index contributed by atoms with van der Waals surface area (Å²) in [6.07, 6.45) is 14.6. The largest absolute Gasteiger partial charge is 0.349 e. The van der Waals surface area contributed by atoms with Crippen LogP contribution in [0.3, 0.4) is 0 Å². The van der Waals surface area contributed by atoms with Crippen molar-refractivity contribution in [2.45, 2.75) is 111 Å². The van der Waals surface area contributed by atoms with Crippen LogP contribution in [0.25, 0.3) is 0 Å². The molecule has 2 nitrogen and oxygen atoms in total. The molecule has 0 radical (unpaired) electrons. The summed E-state index contributed by atoms with van der Waals surface area (Å²) < 4.78 is 13.4. The maximum absolute atomic E-state index is 6.93. The molecule has 0 N–H and O–H groups in total. The second kappa shape index (κ2) is 6.72. The minimum absolute atomic E-state index is 0.254. The monoisotopic (exact) mass is 414 g/mol. The summed E-state index contributed by atoms with van der Waals surface area (Å²) in [6.45, 7) is 13.6. The molecule has 30 heavy (non-hydrogen) atoms. The first-order chi connectivity index (χ1) is 14.3. The summed E-state index contributed by atoms with van der Waals surface area (Å²) in [4.78, 5) is 0. The Labute approximate surface area is 185 Å². The van der Waals surface area contributed by atoms with Crippen LogP contribution < -0.4 is 0 Å². The molecule has 4 saturated carbocycles. The zero-order valence-corrected chi connectivity index (χ0v) is 20.3. The highest BCUT2D eigenvalue weighted by Crippen LogP contribution is 2.71. The SMILES string of the molecule is C[C@H]1CC[C@@]2(OC1)O[C@H]1C[C@H]3[C@@H]4CC[C@@H]5C[C@@H](C)CC[C@]5(C)[C@H]4CC[C@]3(C)[C@H]1[C@@H]2C. The second-order valence-corrected chi connectivity index (χ2v) is 13.6. The lowest BCUT2D eigenvalue weighted by molar-refractivity contribution is -0.273. The van der Waals surface area contributed by atoms with Gasteiger partial charge in [0, 0.05) is 12.3 Å². The summed E-state index contributed by atoms with van der Waals surface area (Å²) in [5.41, 5.74) is 1.11. The fraction of sp³-hybridized carbons (Fsp3) is 1.00. The molecule has 0 aromatic heterocycles. The smallest absolute Gasteiger partial charge is 0.171 e. The number of rotatable bonds is 0. The third kappa shape index (κ3) is 2.62. The minimum Gasteiger partial charge on any atom is -0.349 e. The van der Waals surface area contributed by atoms with Gasteiger partial charge in [-0.3, -0.25) is 0 Å². The first-order valence-electron chi connectivity index (χ1n) is 13.6. The molecule has 6 rings (SSSR count). The summed E-state index contributed by atoms with van der Waals surface area (Å²) in [5, 5.41) is 0. The van der Waals surface area contributed by atoms with Gasteiger partial charge in [-0.25, -0.2) is 0 Å². The van der Waals surface area contributed by atoms with Gasteiger partial charge < -0.3 is 9.47 Å². The van der Waals surface area contributed by atoms with Gasteiger partial charge in [-0.2, -0.15) is 0 Å². The van der Waals surface area contributed by atoms with Crippen molar-refractivity contribution in [3.8, 4) is 0 Å². The van der Waals surface area contributed by atoms with Gasteiger partial charge in [-0.05, 0) is 104 Å². The van der Waals surface area contributed by atoms with Crippen molar-refractivity contribution in [1.82, 2.24) is 0 Å². The fourth-order valence-electron chi connectivity index (χ4n) is 10.5. The molecule has 4 aliphatic carbocycles. The van der Waals surface area contributed by atoms with E-state index in [0.717, 1.165) is 42.6 Å². The van der Waals surface area contributed by atoms with Crippen LogP contribution in [0.5, 0.6) is 0 Å². The van der Waals surface area contributed by atoms with Crippen LogP contribution in [0.15, 0.2) is 0 Å². The van der Waals surface area contributed by atoms with Crippen molar-refractivity contribution >= 4 is 0 Å². The molecule has 0 aromatic rings. The average molecular weight is 415 g/mol. The van der Waals surface area contributed by atoms with E-state index in [4.69, 9.17) is 9.47 Å². The van der Waals surface area contributed by atoms with Crippen molar-refractivity contribution in [3.63, 3.8) is 0 Å². The van der Waals surface area contributed by atoms with Crippen LogP contribution in [-0.2, 0) is 9.47 Å². The van der Waals surface area contributed by atoms with E-state index < -0.39 is 0 Å². The Morgan fingerprint density at radius 1 is 0.733 bits per heavy atom. The van der Waals surface area contributed by atoms with E-state index >= 15 is 0 Å². The molecular formula is C28H46O2. The van der Waals surface area contributed by atoms with E-state index in [2.05, 4.69) is 34.6 Å². The Kier molecular flexibility index (Phi) is 4.60. The van der Waals surface area contributed by atoms with Gasteiger partial charge >= 0.3 is 0 Å². The summed E-state index contributed by atoms with van der Waals surface area (Å²) in [5.74, 6) is 6.52. The van der Waals surface area contributed by atoms with Crippen molar-refractivity contribution in [2.24, 2.45) is 58.2 Å². The first kappa shape index (κ1) is 20.5.